The van der Waals surface area contributed by atoms with Gasteiger partial charge in [0.05, 0.1) is 18.3 Å². The Labute approximate surface area is 109 Å². The first-order chi connectivity index (χ1) is 9.06. The molecule has 3 atom stereocenters. The van der Waals surface area contributed by atoms with Crippen molar-refractivity contribution in [3.8, 4) is 11.8 Å². The van der Waals surface area contributed by atoms with Gasteiger partial charge < -0.3 is 20.7 Å². The number of aliphatic hydroxyl groups is 2. The number of nitrogens with zero attached hydrogens (tertiary/aromatic N) is 2. The molecule has 0 radical (unpaired) electrons. The van der Waals surface area contributed by atoms with Gasteiger partial charge in [0.1, 0.15) is 18.1 Å². The Morgan fingerprint density at radius 1 is 1.68 bits per heavy atom. The van der Waals surface area contributed by atoms with Crippen LogP contribution in [0.15, 0.2) is 11.0 Å². The van der Waals surface area contributed by atoms with Crippen LogP contribution in [0.25, 0.3) is 0 Å². The van der Waals surface area contributed by atoms with Crippen LogP contribution in [0.1, 0.15) is 25.1 Å². The van der Waals surface area contributed by atoms with E-state index in [-0.39, 0.29) is 18.8 Å². The zero-order valence-electron chi connectivity index (χ0n) is 10.4. The van der Waals surface area contributed by atoms with Crippen LogP contribution in [0.4, 0.5) is 5.82 Å². The molecule has 7 heteroatoms. The molecule has 0 unspecified atom stereocenters. The van der Waals surface area contributed by atoms with Crippen LogP contribution >= 0.6 is 0 Å². The average molecular weight is 265 g/mol. The zero-order valence-corrected chi connectivity index (χ0v) is 10.4. The predicted molar refractivity (Wildman–Crippen MR) is 67.1 cm³/mol. The molecular weight excluding hydrogens is 250 g/mol. The number of nitrogen functional groups attached to an aromatic ring is 1. The number of nitrogens with two attached hydrogens (primary N) is 1. The molecule has 19 heavy (non-hydrogen) atoms. The van der Waals surface area contributed by atoms with Crippen LogP contribution in [0.2, 0.25) is 0 Å². The van der Waals surface area contributed by atoms with Gasteiger partial charge in [-0.2, -0.15) is 4.98 Å². The lowest BCUT2D eigenvalue weighted by Crippen LogP contribution is -2.28. The normalized spacial score (nSPS) is 25.9. The molecule has 2 heterocycles. The van der Waals surface area contributed by atoms with E-state index in [1.54, 1.807) is 6.92 Å². The van der Waals surface area contributed by atoms with Gasteiger partial charge in [0, 0.05) is 12.6 Å². The Bertz CT molecular complexity index is 587. The third-order valence-corrected chi connectivity index (χ3v) is 2.94. The van der Waals surface area contributed by atoms with Crippen molar-refractivity contribution in [3.05, 3.63) is 22.2 Å². The van der Waals surface area contributed by atoms with E-state index in [2.05, 4.69) is 16.8 Å². The van der Waals surface area contributed by atoms with Crippen molar-refractivity contribution in [1.29, 1.82) is 0 Å². The molecular formula is C12H15N3O4. The number of anilines is 1. The molecule has 102 valence electrons. The number of aliphatic hydroxyl groups excluding tert-OH is 2. The minimum absolute atomic E-state index is 0.0628. The van der Waals surface area contributed by atoms with Crippen molar-refractivity contribution in [2.45, 2.75) is 31.8 Å². The molecule has 0 saturated carbocycles. The van der Waals surface area contributed by atoms with E-state index >= 15 is 0 Å². The first kappa shape index (κ1) is 13.5. The molecule has 1 aliphatic heterocycles. The van der Waals surface area contributed by atoms with E-state index in [9.17, 15) is 9.90 Å². The van der Waals surface area contributed by atoms with Crippen LogP contribution < -0.4 is 11.4 Å². The van der Waals surface area contributed by atoms with Crippen molar-refractivity contribution >= 4 is 5.82 Å². The van der Waals surface area contributed by atoms with E-state index in [0.29, 0.717) is 5.56 Å². The van der Waals surface area contributed by atoms with Crippen molar-refractivity contribution in [1.82, 2.24) is 9.55 Å². The molecule has 0 bridgehead atoms. The SMILES string of the molecule is CC#Cc1cn([C@H]2C[C@@H](O)[C@H](CO)O2)c(=O)nc1N. The lowest BCUT2D eigenvalue weighted by Gasteiger charge is -2.14. The summed E-state index contributed by atoms with van der Waals surface area (Å²) in [5.74, 6) is 5.48. The minimum Gasteiger partial charge on any atom is -0.394 e. The Morgan fingerprint density at radius 2 is 2.42 bits per heavy atom. The molecule has 0 aromatic carbocycles. The highest BCUT2D eigenvalue weighted by Gasteiger charge is 2.35. The van der Waals surface area contributed by atoms with Crippen molar-refractivity contribution in [3.63, 3.8) is 0 Å². The molecule has 0 amide bonds. The predicted octanol–water partition coefficient (Wildman–Crippen LogP) is -1.16. The Kier molecular flexibility index (Phi) is 3.85. The van der Waals surface area contributed by atoms with Crippen LogP contribution in [-0.2, 0) is 4.74 Å². The summed E-state index contributed by atoms with van der Waals surface area (Å²) in [5, 5.41) is 18.7. The summed E-state index contributed by atoms with van der Waals surface area (Å²) in [5.41, 5.74) is 5.45. The minimum atomic E-state index is -0.819. The Balaban J connectivity index is 2.37. The van der Waals surface area contributed by atoms with E-state index in [4.69, 9.17) is 15.6 Å². The Morgan fingerprint density at radius 3 is 3.00 bits per heavy atom. The number of hydrogen-bond acceptors (Lipinski definition) is 6. The second kappa shape index (κ2) is 5.40. The van der Waals surface area contributed by atoms with Crippen LogP contribution in [0.3, 0.4) is 0 Å². The summed E-state index contributed by atoms with van der Waals surface area (Å²) in [4.78, 5) is 15.5. The summed E-state index contributed by atoms with van der Waals surface area (Å²) >= 11 is 0. The molecule has 4 N–H and O–H groups in total. The molecule has 2 rings (SSSR count). The summed E-state index contributed by atoms with van der Waals surface area (Å²) in [6.45, 7) is 1.34. The van der Waals surface area contributed by atoms with Crippen LogP contribution in [-0.4, -0.2) is 38.6 Å². The summed E-state index contributed by atoms with van der Waals surface area (Å²) in [6.07, 6.45) is -0.533. The van der Waals surface area contributed by atoms with Crippen LogP contribution in [0.5, 0.6) is 0 Å². The fraction of sp³-hybridized carbons (Fsp3) is 0.500. The smallest absolute Gasteiger partial charge is 0.351 e. The zero-order chi connectivity index (χ0) is 14.0. The van der Waals surface area contributed by atoms with Gasteiger partial charge in [0.15, 0.2) is 0 Å². The first-order valence-corrected chi connectivity index (χ1v) is 5.82. The van der Waals surface area contributed by atoms with Gasteiger partial charge in [-0.3, -0.25) is 4.57 Å². The molecule has 1 fully saturated rings. The number of hydrogen-bond donors (Lipinski definition) is 3. The van der Waals surface area contributed by atoms with Crippen molar-refractivity contribution < 1.29 is 14.9 Å². The van der Waals surface area contributed by atoms with E-state index in [1.807, 2.05) is 0 Å². The standard InChI is InChI=1S/C12H15N3O4/c1-2-3-7-5-15(12(18)14-11(7)13)10-4-8(17)9(6-16)19-10/h5,8-10,16-17H,4,6H2,1H3,(H2,13,14,18)/t8-,9+,10-/m1/s1. The third-order valence-electron chi connectivity index (χ3n) is 2.94. The maximum atomic E-state index is 11.8. The van der Waals surface area contributed by atoms with Crippen molar-refractivity contribution in [2.24, 2.45) is 0 Å². The van der Waals surface area contributed by atoms with Gasteiger partial charge in [-0.1, -0.05) is 5.92 Å². The van der Waals surface area contributed by atoms with Crippen LogP contribution in [0, 0.1) is 11.8 Å². The summed E-state index contributed by atoms with van der Waals surface area (Å²) in [7, 11) is 0. The molecule has 1 aliphatic rings. The summed E-state index contributed by atoms with van der Waals surface area (Å²) in [6, 6.07) is 0. The second-order valence-corrected chi connectivity index (χ2v) is 4.22. The molecule has 0 aliphatic carbocycles. The quantitative estimate of drug-likeness (QED) is 0.582. The topological polar surface area (TPSA) is 111 Å². The highest BCUT2D eigenvalue weighted by Crippen LogP contribution is 2.27. The fourth-order valence-electron chi connectivity index (χ4n) is 1.97. The van der Waals surface area contributed by atoms with Crippen molar-refractivity contribution in [2.75, 3.05) is 12.3 Å². The summed E-state index contributed by atoms with van der Waals surface area (Å²) < 4.78 is 6.63. The molecule has 1 saturated heterocycles. The van der Waals surface area contributed by atoms with Gasteiger partial charge in [-0.05, 0) is 6.92 Å². The highest BCUT2D eigenvalue weighted by atomic mass is 16.5. The van der Waals surface area contributed by atoms with Gasteiger partial charge in [0.25, 0.3) is 0 Å². The van der Waals surface area contributed by atoms with Gasteiger partial charge in [-0.25, -0.2) is 4.79 Å². The third kappa shape index (κ3) is 2.61. The molecule has 0 spiro atoms. The maximum Gasteiger partial charge on any atom is 0.351 e. The second-order valence-electron chi connectivity index (χ2n) is 4.22. The van der Waals surface area contributed by atoms with Gasteiger partial charge in [-0.15, -0.1) is 5.92 Å². The van der Waals surface area contributed by atoms with E-state index < -0.39 is 24.1 Å². The van der Waals surface area contributed by atoms with Gasteiger partial charge >= 0.3 is 5.69 Å². The molecule has 1 aromatic rings. The first-order valence-electron chi connectivity index (χ1n) is 5.82. The fourth-order valence-corrected chi connectivity index (χ4v) is 1.97. The largest absolute Gasteiger partial charge is 0.394 e. The lowest BCUT2D eigenvalue weighted by atomic mass is 10.2. The Hall–Kier alpha value is -1.88. The molecule has 1 aromatic heterocycles. The van der Waals surface area contributed by atoms with Gasteiger partial charge in [0.2, 0.25) is 0 Å². The maximum absolute atomic E-state index is 11.8. The number of aromatic nitrogens is 2. The van der Waals surface area contributed by atoms with E-state index in [0.717, 1.165) is 0 Å². The lowest BCUT2D eigenvalue weighted by molar-refractivity contribution is -0.0458. The monoisotopic (exact) mass is 265 g/mol. The average Bonchev–Trinajstić information content (AvgIpc) is 2.74. The van der Waals surface area contributed by atoms with E-state index in [1.165, 1.54) is 10.8 Å². The molecule has 7 nitrogen and oxygen atoms in total. The number of ether oxygens (including phenoxy) is 1. The highest BCUT2D eigenvalue weighted by molar-refractivity contribution is 5.48. The number of rotatable bonds is 2.